The normalized spacial score (nSPS) is 26.2. The first-order valence-electron chi connectivity index (χ1n) is 7.77. The largest absolute Gasteiger partial charge is 0.326 e. The van der Waals surface area contributed by atoms with Gasteiger partial charge in [0.25, 0.3) is 0 Å². The molecule has 2 aliphatic heterocycles. The highest BCUT2D eigenvalue weighted by Crippen LogP contribution is 2.43. The third kappa shape index (κ3) is 2.39. The van der Waals surface area contributed by atoms with E-state index in [0.29, 0.717) is 29.9 Å². The fourth-order valence-corrected chi connectivity index (χ4v) is 4.05. The van der Waals surface area contributed by atoms with Crippen LogP contribution in [0.1, 0.15) is 30.7 Å². The molecule has 0 radical (unpaired) electrons. The lowest BCUT2D eigenvalue weighted by molar-refractivity contribution is -0.122. The van der Waals surface area contributed by atoms with E-state index in [0.717, 1.165) is 16.5 Å². The number of carbonyl (C=O) groups is 3. The smallest absolute Gasteiger partial charge is 0.295 e. The van der Waals surface area contributed by atoms with E-state index in [2.05, 4.69) is 31.6 Å². The van der Waals surface area contributed by atoms with E-state index in [-0.39, 0.29) is 5.78 Å². The zero-order valence-electron chi connectivity index (χ0n) is 12.6. The number of imide groups is 1. The Bertz CT molecular complexity index is 843. The van der Waals surface area contributed by atoms with Crippen LogP contribution in [-0.2, 0) is 9.59 Å². The van der Waals surface area contributed by atoms with Crippen molar-refractivity contribution in [2.45, 2.75) is 25.2 Å². The van der Waals surface area contributed by atoms with Gasteiger partial charge in [-0.25, -0.2) is 9.79 Å². The molecule has 3 aliphatic rings. The second-order valence-electron chi connectivity index (χ2n) is 6.09. The molecule has 1 saturated heterocycles. The van der Waals surface area contributed by atoms with Crippen molar-refractivity contribution in [3.63, 3.8) is 0 Å². The highest BCUT2D eigenvalue weighted by atomic mass is 79.9. The molecule has 6 nitrogen and oxygen atoms in total. The predicted molar refractivity (Wildman–Crippen MR) is 90.4 cm³/mol. The Morgan fingerprint density at radius 2 is 1.92 bits per heavy atom. The maximum absolute atomic E-state index is 12.6. The molecular weight excluding hydrogens is 374 g/mol. The molecule has 0 spiro atoms. The van der Waals surface area contributed by atoms with Crippen LogP contribution < -0.4 is 10.6 Å². The van der Waals surface area contributed by atoms with Crippen molar-refractivity contribution < 1.29 is 14.4 Å². The lowest BCUT2D eigenvalue weighted by Gasteiger charge is -2.37. The molecule has 7 heteroatoms. The number of carbonyl (C=O) groups excluding carboxylic acids is 3. The van der Waals surface area contributed by atoms with Crippen LogP contribution in [0.2, 0.25) is 0 Å². The lowest BCUT2D eigenvalue weighted by atomic mass is 9.72. The fourth-order valence-electron chi connectivity index (χ4n) is 3.63. The van der Waals surface area contributed by atoms with Crippen molar-refractivity contribution in [1.29, 1.82) is 0 Å². The van der Waals surface area contributed by atoms with Crippen molar-refractivity contribution >= 4 is 39.5 Å². The van der Waals surface area contributed by atoms with Gasteiger partial charge in [0.15, 0.2) is 5.78 Å². The van der Waals surface area contributed by atoms with Crippen LogP contribution in [0, 0.1) is 5.92 Å². The van der Waals surface area contributed by atoms with E-state index in [1.54, 1.807) is 0 Å². The van der Waals surface area contributed by atoms with Gasteiger partial charge >= 0.3 is 6.03 Å². The average Bonchev–Trinajstić information content (AvgIpc) is 2.53. The number of hydrogen-bond acceptors (Lipinski definition) is 4. The minimum atomic E-state index is -0.696. The topological polar surface area (TPSA) is 87.6 Å². The molecule has 1 aromatic rings. The van der Waals surface area contributed by atoms with Gasteiger partial charge in [0.05, 0.1) is 0 Å². The van der Waals surface area contributed by atoms with Gasteiger partial charge in [0, 0.05) is 28.1 Å². The number of amides is 3. The van der Waals surface area contributed by atoms with Gasteiger partial charge < -0.3 is 0 Å². The SMILES string of the molecule is O=C1NC(=O)C2C(=NC3=C(C(=O)CCC3)C2c2cccc(Br)c2)N1. The summed E-state index contributed by atoms with van der Waals surface area (Å²) >= 11 is 3.44. The van der Waals surface area contributed by atoms with Crippen molar-refractivity contribution in [2.75, 3.05) is 0 Å². The zero-order valence-corrected chi connectivity index (χ0v) is 14.2. The quantitative estimate of drug-likeness (QED) is 0.775. The van der Waals surface area contributed by atoms with Crippen LogP contribution in [0.4, 0.5) is 4.79 Å². The molecule has 0 saturated carbocycles. The number of aliphatic imine (C=N–C) groups is 1. The minimum absolute atomic E-state index is 0.0359. The van der Waals surface area contributed by atoms with Crippen LogP contribution in [0.15, 0.2) is 45.0 Å². The van der Waals surface area contributed by atoms with Gasteiger partial charge in [-0.3, -0.25) is 20.2 Å². The van der Waals surface area contributed by atoms with E-state index >= 15 is 0 Å². The standard InChI is InChI=1S/C17H14BrN3O3/c18-9-4-1-3-8(7-9)12-13-10(5-2-6-11(13)22)19-15-14(12)16(23)21-17(24)20-15/h1,3-4,7,12,14H,2,5-6H2,(H2,19,20,21,23,24). The Morgan fingerprint density at radius 3 is 2.71 bits per heavy atom. The number of fused-ring (bicyclic) bond motifs is 1. The van der Waals surface area contributed by atoms with E-state index in [4.69, 9.17) is 0 Å². The van der Waals surface area contributed by atoms with Gasteiger partial charge in [0.2, 0.25) is 5.91 Å². The molecule has 1 aromatic carbocycles. The molecule has 2 atom stereocenters. The van der Waals surface area contributed by atoms with Crippen LogP contribution in [0.3, 0.4) is 0 Å². The molecule has 3 amide bonds. The summed E-state index contributed by atoms with van der Waals surface area (Å²) in [5, 5.41) is 4.92. The molecule has 1 aliphatic carbocycles. The van der Waals surface area contributed by atoms with E-state index in [9.17, 15) is 14.4 Å². The van der Waals surface area contributed by atoms with Crippen molar-refractivity contribution in [1.82, 2.24) is 10.6 Å². The molecule has 122 valence electrons. The molecular formula is C17H14BrN3O3. The number of ketones is 1. The van der Waals surface area contributed by atoms with Gasteiger partial charge in [-0.2, -0.15) is 0 Å². The van der Waals surface area contributed by atoms with Crippen LogP contribution >= 0.6 is 15.9 Å². The van der Waals surface area contributed by atoms with Gasteiger partial charge in [-0.1, -0.05) is 28.1 Å². The summed E-state index contributed by atoms with van der Waals surface area (Å²) in [6, 6.07) is 6.99. The van der Waals surface area contributed by atoms with Gasteiger partial charge in [0.1, 0.15) is 11.8 Å². The summed E-state index contributed by atoms with van der Waals surface area (Å²) in [6.07, 6.45) is 1.89. The summed E-state index contributed by atoms with van der Waals surface area (Å²) in [5.41, 5.74) is 2.16. The fraction of sp³-hybridized carbons (Fsp3) is 0.294. The molecule has 0 aromatic heterocycles. The summed E-state index contributed by atoms with van der Waals surface area (Å²) < 4.78 is 0.870. The first-order chi connectivity index (χ1) is 11.5. The van der Waals surface area contributed by atoms with E-state index in [1.165, 1.54) is 0 Å². The average molecular weight is 388 g/mol. The second-order valence-corrected chi connectivity index (χ2v) is 7.00. The Balaban J connectivity index is 1.92. The predicted octanol–water partition coefficient (Wildman–Crippen LogP) is 2.41. The number of benzene rings is 1. The number of nitrogens with one attached hydrogen (secondary N) is 2. The molecule has 4 rings (SSSR count). The molecule has 0 bridgehead atoms. The highest BCUT2D eigenvalue weighted by molar-refractivity contribution is 9.10. The first kappa shape index (κ1) is 15.3. The minimum Gasteiger partial charge on any atom is -0.295 e. The van der Waals surface area contributed by atoms with Gasteiger partial charge in [-0.15, -0.1) is 0 Å². The van der Waals surface area contributed by atoms with Crippen LogP contribution in [0.25, 0.3) is 0 Å². The maximum Gasteiger partial charge on any atom is 0.326 e. The number of allylic oxidation sites excluding steroid dienone is 2. The molecule has 24 heavy (non-hydrogen) atoms. The number of amidine groups is 1. The number of urea groups is 1. The Labute approximate surface area is 146 Å². The van der Waals surface area contributed by atoms with Gasteiger partial charge in [-0.05, 0) is 30.5 Å². The Kier molecular flexibility index (Phi) is 3.60. The number of hydrogen-bond donors (Lipinski definition) is 2. The summed E-state index contributed by atoms with van der Waals surface area (Å²) in [7, 11) is 0. The lowest BCUT2D eigenvalue weighted by Crippen LogP contribution is -2.58. The van der Waals surface area contributed by atoms with E-state index in [1.807, 2.05) is 24.3 Å². The molecule has 2 unspecified atom stereocenters. The Hall–Kier alpha value is -2.28. The third-order valence-corrected chi connectivity index (χ3v) is 5.08. The third-order valence-electron chi connectivity index (χ3n) is 4.59. The van der Waals surface area contributed by atoms with Crippen molar-refractivity contribution in [2.24, 2.45) is 10.9 Å². The van der Waals surface area contributed by atoms with E-state index < -0.39 is 23.8 Å². The van der Waals surface area contributed by atoms with Crippen LogP contribution in [-0.4, -0.2) is 23.6 Å². The molecule has 2 N–H and O–H groups in total. The number of rotatable bonds is 1. The summed E-state index contributed by atoms with van der Waals surface area (Å²) in [6.45, 7) is 0. The molecule has 1 fully saturated rings. The highest BCUT2D eigenvalue weighted by Gasteiger charge is 2.46. The summed E-state index contributed by atoms with van der Waals surface area (Å²) in [4.78, 5) is 41.2. The Morgan fingerprint density at radius 1 is 1.08 bits per heavy atom. The number of halogens is 1. The van der Waals surface area contributed by atoms with Crippen molar-refractivity contribution in [3.8, 4) is 0 Å². The monoisotopic (exact) mass is 387 g/mol. The maximum atomic E-state index is 12.6. The number of nitrogens with zero attached hydrogens (tertiary/aromatic N) is 1. The number of Topliss-reactive ketones (excluding diaryl/α,β-unsaturated/α-hetero) is 1. The second kappa shape index (κ2) is 5.66. The van der Waals surface area contributed by atoms with Crippen LogP contribution in [0.5, 0.6) is 0 Å². The molecule has 2 heterocycles. The summed E-state index contributed by atoms with van der Waals surface area (Å²) in [5.74, 6) is -1.18. The first-order valence-corrected chi connectivity index (χ1v) is 8.56. The van der Waals surface area contributed by atoms with Crippen molar-refractivity contribution in [3.05, 3.63) is 45.6 Å². The zero-order chi connectivity index (χ0) is 16.8.